The van der Waals surface area contributed by atoms with Gasteiger partial charge in [-0.1, -0.05) is 17.7 Å². The van der Waals surface area contributed by atoms with Crippen LogP contribution >= 0.6 is 0 Å². The van der Waals surface area contributed by atoms with Crippen molar-refractivity contribution in [2.75, 3.05) is 6.61 Å². The molecule has 4 aromatic rings. The van der Waals surface area contributed by atoms with Gasteiger partial charge >= 0.3 is 5.69 Å². The van der Waals surface area contributed by atoms with Crippen LogP contribution < -0.4 is 11.2 Å². The summed E-state index contributed by atoms with van der Waals surface area (Å²) < 4.78 is 6.45. The number of nitrogens with zero attached hydrogens (tertiary/aromatic N) is 5. The Hall–Kier alpha value is -3.13. The van der Waals surface area contributed by atoms with Crippen molar-refractivity contribution in [3.8, 4) is 5.69 Å². The molecule has 0 aliphatic rings. The summed E-state index contributed by atoms with van der Waals surface area (Å²) in [5.41, 5.74) is 5.07. The maximum Gasteiger partial charge on any atom is 0.332 e. The second kappa shape index (κ2) is 6.73. The molecule has 0 amide bonds. The Morgan fingerprint density at radius 2 is 1.79 bits per heavy atom. The molecular formula is C21H25N5O3. The van der Waals surface area contributed by atoms with Gasteiger partial charge in [-0.05, 0) is 45.7 Å². The molecule has 0 aliphatic carbocycles. The molecule has 0 fully saturated rings. The van der Waals surface area contributed by atoms with Gasteiger partial charge < -0.3 is 5.11 Å². The minimum atomic E-state index is -0.427. The third kappa shape index (κ3) is 2.66. The van der Waals surface area contributed by atoms with E-state index in [1.807, 2.05) is 35.8 Å². The fraction of sp³-hybridized carbons (Fsp3) is 0.381. The van der Waals surface area contributed by atoms with E-state index in [9.17, 15) is 9.59 Å². The molecule has 3 heterocycles. The number of aliphatic hydroxyl groups excluding tert-OH is 1. The summed E-state index contributed by atoms with van der Waals surface area (Å²) in [5, 5.41) is 9.13. The molecule has 3 aromatic heterocycles. The zero-order valence-corrected chi connectivity index (χ0v) is 17.4. The fourth-order valence-corrected chi connectivity index (χ4v) is 4.02. The Balaban J connectivity index is 2.15. The summed E-state index contributed by atoms with van der Waals surface area (Å²) in [6, 6.07) is 6.21. The van der Waals surface area contributed by atoms with Crippen LogP contribution in [0.3, 0.4) is 0 Å². The first kappa shape index (κ1) is 19.2. The predicted octanol–water partition coefficient (Wildman–Crippen LogP) is 1.75. The topological polar surface area (TPSA) is 86.5 Å². The Labute approximate surface area is 167 Å². The summed E-state index contributed by atoms with van der Waals surface area (Å²) in [6.07, 6.45) is 0.337. The fourth-order valence-electron chi connectivity index (χ4n) is 4.02. The van der Waals surface area contributed by atoms with E-state index in [-0.39, 0.29) is 18.7 Å². The van der Waals surface area contributed by atoms with Crippen molar-refractivity contribution in [2.24, 2.45) is 7.05 Å². The predicted molar refractivity (Wildman–Crippen MR) is 112 cm³/mol. The number of aryl methyl sites for hydroxylation is 4. The summed E-state index contributed by atoms with van der Waals surface area (Å²) in [6.45, 7) is 8.13. The molecule has 8 nitrogen and oxygen atoms in total. The number of imidazole rings is 2. The molecule has 0 aliphatic heterocycles. The summed E-state index contributed by atoms with van der Waals surface area (Å²) >= 11 is 0. The van der Waals surface area contributed by atoms with Crippen molar-refractivity contribution in [3.63, 3.8) is 0 Å². The quantitative estimate of drug-likeness (QED) is 0.570. The lowest BCUT2D eigenvalue weighted by atomic mass is 10.1. The van der Waals surface area contributed by atoms with E-state index in [4.69, 9.17) is 10.1 Å². The third-order valence-electron chi connectivity index (χ3n) is 5.65. The molecule has 0 bridgehead atoms. The van der Waals surface area contributed by atoms with E-state index in [1.165, 1.54) is 14.7 Å². The first-order valence-corrected chi connectivity index (χ1v) is 9.66. The maximum atomic E-state index is 13.2. The Kier molecular flexibility index (Phi) is 4.46. The molecule has 0 saturated heterocycles. The van der Waals surface area contributed by atoms with Crippen LogP contribution in [0, 0.1) is 27.7 Å². The minimum absolute atomic E-state index is 0.0866. The van der Waals surface area contributed by atoms with Crippen molar-refractivity contribution >= 4 is 16.9 Å². The zero-order valence-electron chi connectivity index (χ0n) is 17.4. The van der Waals surface area contributed by atoms with E-state index in [0.29, 0.717) is 23.4 Å². The van der Waals surface area contributed by atoms with Crippen molar-refractivity contribution < 1.29 is 5.11 Å². The molecule has 152 valence electrons. The Morgan fingerprint density at radius 3 is 2.45 bits per heavy atom. The molecular weight excluding hydrogens is 370 g/mol. The van der Waals surface area contributed by atoms with E-state index < -0.39 is 5.69 Å². The molecule has 1 N–H and O–H groups in total. The average Bonchev–Trinajstić information content (AvgIpc) is 3.17. The van der Waals surface area contributed by atoms with Crippen LogP contribution in [0.1, 0.15) is 28.9 Å². The number of rotatable bonds is 4. The molecule has 0 radical (unpaired) electrons. The smallest absolute Gasteiger partial charge is 0.332 e. The lowest BCUT2D eigenvalue weighted by molar-refractivity contribution is 0.277. The van der Waals surface area contributed by atoms with Gasteiger partial charge in [0.2, 0.25) is 5.78 Å². The van der Waals surface area contributed by atoms with Crippen molar-refractivity contribution in [1.29, 1.82) is 0 Å². The lowest BCUT2D eigenvalue weighted by Gasteiger charge is -2.10. The Bertz CT molecular complexity index is 1380. The first-order valence-electron chi connectivity index (χ1n) is 9.66. The summed E-state index contributed by atoms with van der Waals surface area (Å²) in [4.78, 5) is 30.6. The molecule has 0 saturated carbocycles. The van der Waals surface area contributed by atoms with E-state index in [0.717, 1.165) is 22.6 Å². The largest absolute Gasteiger partial charge is 0.396 e. The number of benzene rings is 1. The zero-order chi connectivity index (χ0) is 21.0. The van der Waals surface area contributed by atoms with Crippen LogP contribution in [0.4, 0.5) is 0 Å². The second-order valence-corrected chi connectivity index (χ2v) is 7.59. The van der Waals surface area contributed by atoms with Crippen molar-refractivity contribution in [2.45, 2.75) is 40.7 Å². The third-order valence-corrected chi connectivity index (χ3v) is 5.65. The van der Waals surface area contributed by atoms with Gasteiger partial charge in [0.1, 0.15) is 0 Å². The molecule has 0 unspecified atom stereocenters. The van der Waals surface area contributed by atoms with Crippen molar-refractivity contribution in [3.05, 3.63) is 61.6 Å². The van der Waals surface area contributed by atoms with Crippen LogP contribution in [0.15, 0.2) is 27.8 Å². The van der Waals surface area contributed by atoms with Gasteiger partial charge in [0.05, 0.1) is 5.69 Å². The van der Waals surface area contributed by atoms with Crippen LogP contribution in [0.25, 0.3) is 22.6 Å². The van der Waals surface area contributed by atoms with Gasteiger partial charge in [-0.3, -0.25) is 22.9 Å². The molecule has 8 heteroatoms. The number of aromatic nitrogens is 5. The van der Waals surface area contributed by atoms with Crippen LogP contribution in [0.2, 0.25) is 0 Å². The van der Waals surface area contributed by atoms with Gasteiger partial charge in [-0.2, -0.15) is 4.98 Å². The van der Waals surface area contributed by atoms with Gasteiger partial charge in [0, 0.05) is 31.6 Å². The van der Waals surface area contributed by atoms with Crippen LogP contribution in [-0.2, 0) is 13.6 Å². The van der Waals surface area contributed by atoms with Gasteiger partial charge in [-0.15, -0.1) is 0 Å². The van der Waals surface area contributed by atoms with E-state index >= 15 is 0 Å². The monoisotopic (exact) mass is 395 g/mol. The normalized spacial score (nSPS) is 11.8. The van der Waals surface area contributed by atoms with E-state index in [2.05, 4.69) is 19.1 Å². The highest BCUT2D eigenvalue weighted by molar-refractivity contribution is 5.77. The highest BCUT2D eigenvalue weighted by Gasteiger charge is 2.23. The number of aliphatic hydroxyl groups is 1. The Morgan fingerprint density at radius 1 is 1.07 bits per heavy atom. The number of hydrogen-bond acceptors (Lipinski definition) is 4. The minimum Gasteiger partial charge on any atom is -0.396 e. The van der Waals surface area contributed by atoms with Crippen molar-refractivity contribution in [1.82, 2.24) is 23.1 Å². The lowest BCUT2D eigenvalue weighted by Crippen LogP contribution is -2.39. The number of hydrogen-bond donors (Lipinski definition) is 1. The van der Waals surface area contributed by atoms with Gasteiger partial charge in [0.15, 0.2) is 11.2 Å². The molecule has 4 rings (SSSR count). The SMILES string of the molecule is Cc1ccc(-n2c(C)c(C)n3c4c(=O)n(CCCO)c(=O)n(C)c4nc23)c(C)c1. The van der Waals surface area contributed by atoms with Crippen LogP contribution in [0.5, 0.6) is 0 Å². The number of fused-ring (bicyclic) bond motifs is 3. The van der Waals surface area contributed by atoms with Gasteiger partial charge in [0.25, 0.3) is 5.56 Å². The average molecular weight is 395 g/mol. The summed E-state index contributed by atoms with van der Waals surface area (Å²) in [7, 11) is 1.62. The standard InChI is InChI=1S/C21H25N5O3/c1-12-7-8-16(13(2)11-12)25-14(3)15(4)26-17-18(22-20(25)26)23(5)21(29)24(19(17)28)9-6-10-27/h7-8,11,27H,6,9-10H2,1-5H3. The molecule has 29 heavy (non-hydrogen) atoms. The van der Waals surface area contributed by atoms with Crippen LogP contribution in [-0.4, -0.2) is 34.8 Å². The highest BCUT2D eigenvalue weighted by Crippen LogP contribution is 2.26. The molecule has 0 atom stereocenters. The second-order valence-electron chi connectivity index (χ2n) is 7.59. The summed E-state index contributed by atoms with van der Waals surface area (Å²) in [5.74, 6) is 0.606. The van der Waals surface area contributed by atoms with Gasteiger partial charge in [-0.25, -0.2) is 4.79 Å². The molecule has 1 aromatic carbocycles. The highest BCUT2D eigenvalue weighted by atomic mass is 16.3. The molecule has 0 spiro atoms. The first-order chi connectivity index (χ1) is 13.8. The van der Waals surface area contributed by atoms with E-state index in [1.54, 1.807) is 7.05 Å². The maximum absolute atomic E-state index is 13.2.